The molecule has 0 bridgehead atoms. The molecule has 0 spiro atoms. The molecule has 2 aliphatic heterocycles. The number of aryl methyl sites for hydroxylation is 1. The lowest BCUT2D eigenvalue weighted by molar-refractivity contribution is -0.117. The number of amidine groups is 1. The first-order chi connectivity index (χ1) is 16.2. The van der Waals surface area contributed by atoms with Gasteiger partial charge in [0.1, 0.15) is 0 Å². The monoisotopic (exact) mass is 566 g/mol. The standard InChI is InChI=1S/C24H27BrN2O5S2/c1-4-31-20-11-17(25)18(12-21(20)32-5-2)27-19-13-34(29,30)14-22(19)33-24(27)26-23(28)10-16-8-6-15(3)7-9-16/h6-9,11-12,19,22H,4-5,10,13-14H2,1-3H3. The van der Waals surface area contributed by atoms with Crippen LogP contribution >= 0.6 is 27.7 Å². The second-order valence-corrected chi connectivity index (χ2v) is 12.5. The summed E-state index contributed by atoms with van der Waals surface area (Å²) in [5, 5.41) is 0.319. The molecule has 0 N–H and O–H groups in total. The van der Waals surface area contributed by atoms with E-state index >= 15 is 0 Å². The zero-order valence-electron chi connectivity index (χ0n) is 19.3. The van der Waals surface area contributed by atoms with Crippen LogP contribution in [0.2, 0.25) is 0 Å². The van der Waals surface area contributed by atoms with Crippen molar-refractivity contribution in [3.05, 3.63) is 52.0 Å². The zero-order chi connectivity index (χ0) is 24.5. The summed E-state index contributed by atoms with van der Waals surface area (Å²) in [5.41, 5.74) is 2.71. The van der Waals surface area contributed by atoms with Gasteiger partial charge in [0.05, 0.1) is 42.9 Å². The Morgan fingerprint density at radius 3 is 2.41 bits per heavy atom. The molecule has 10 heteroatoms. The van der Waals surface area contributed by atoms with Gasteiger partial charge in [-0.2, -0.15) is 4.99 Å². The van der Waals surface area contributed by atoms with Gasteiger partial charge in [-0.05, 0) is 42.3 Å². The van der Waals surface area contributed by atoms with E-state index in [1.54, 1.807) is 0 Å². The Hall–Kier alpha value is -2.04. The van der Waals surface area contributed by atoms with Crippen molar-refractivity contribution in [3.63, 3.8) is 0 Å². The Morgan fingerprint density at radius 2 is 1.76 bits per heavy atom. The lowest BCUT2D eigenvalue weighted by Crippen LogP contribution is -2.38. The van der Waals surface area contributed by atoms with Gasteiger partial charge in [0.2, 0.25) is 0 Å². The molecule has 4 rings (SSSR count). The summed E-state index contributed by atoms with van der Waals surface area (Å²) in [7, 11) is -3.17. The third kappa shape index (κ3) is 5.44. The maximum Gasteiger partial charge on any atom is 0.252 e. The molecule has 1 amide bonds. The first-order valence-electron chi connectivity index (χ1n) is 11.1. The van der Waals surface area contributed by atoms with Crippen LogP contribution in [0.3, 0.4) is 0 Å². The number of carbonyl (C=O) groups excluding carboxylic acids is 1. The molecule has 0 aromatic heterocycles. The lowest BCUT2D eigenvalue weighted by Gasteiger charge is -2.27. The number of amides is 1. The van der Waals surface area contributed by atoms with Crippen molar-refractivity contribution >= 4 is 54.3 Å². The van der Waals surface area contributed by atoms with Crippen LogP contribution < -0.4 is 14.4 Å². The average Bonchev–Trinajstić information content (AvgIpc) is 3.22. The van der Waals surface area contributed by atoms with Gasteiger partial charge < -0.3 is 14.4 Å². The number of hydrogen-bond donors (Lipinski definition) is 0. The van der Waals surface area contributed by atoms with E-state index in [2.05, 4.69) is 20.9 Å². The van der Waals surface area contributed by atoms with Gasteiger partial charge in [-0.3, -0.25) is 4.79 Å². The van der Waals surface area contributed by atoms with Crippen molar-refractivity contribution in [2.45, 2.75) is 38.5 Å². The van der Waals surface area contributed by atoms with E-state index in [0.29, 0.717) is 40.0 Å². The summed E-state index contributed by atoms with van der Waals surface area (Å²) in [6.07, 6.45) is 0.181. The highest BCUT2D eigenvalue weighted by molar-refractivity contribution is 9.10. The number of fused-ring (bicyclic) bond motifs is 1. The molecular weight excluding hydrogens is 540 g/mol. The highest BCUT2D eigenvalue weighted by Crippen LogP contribution is 2.46. The predicted molar refractivity (Wildman–Crippen MR) is 140 cm³/mol. The number of rotatable bonds is 7. The number of hydrogen-bond acceptors (Lipinski definition) is 6. The number of nitrogens with zero attached hydrogens (tertiary/aromatic N) is 2. The Kier molecular flexibility index (Phi) is 7.59. The topological polar surface area (TPSA) is 85.3 Å². The Labute approximate surface area is 213 Å². The first-order valence-corrected chi connectivity index (χ1v) is 14.6. The normalized spacial score (nSPS) is 22.1. The Morgan fingerprint density at radius 1 is 1.12 bits per heavy atom. The maximum atomic E-state index is 12.9. The molecule has 2 heterocycles. The molecule has 2 unspecified atom stereocenters. The van der Waals surface area contributed by atoms with E-state index in [1.165, 1.54) is 11.8 Å². The second kappa shape index (κ2) is 10.3. The molecule has 2 saturated heterocycles. The fraction of sp³-hybridized carbons (Fsp3) is 0.417. The lowest BCUT2D eigenvalue weighted by atomic mass is 10.1. The fourth-order valence-electron chi connectivity index (χ4n) is 4.12. The number of aliphatic imine (C=N–C) groups is 1. The molecule has 34 heavy (non-hydrogen) atoms. The van der Waals surface area contributed by atoms with Crippen molar-refractivity contribution in [2.75, 3.05) is 29.6 Å². The van der Waals surface area contributed by atoms with Gasteiger partial charge in [0.25, 0.3) is 5.91 Å². The first kappa shape index (κ1) is 25.1. The van der Waals surface area contributed by atoms with E-state index in [1.807, 2.05) is 62.1 Å². The molecule has 2 aromatic carbocycles. The Bertz CT molecular complexity index is 1210. The summed E-state index contributed by atoms with van der Waals surface area (Å²) < 4.78 is 37.0. The molecule has 0 aliphatic carbocycles. The van der Waals surface area contributed by atoms with Gasteiger partial charge in [-0.25, -0.2) is 8.42 Å². The van der Waals surface area contributed by atoms with Crippen LogP contribution in [0.4, 0.5) is 5.69 Å². The van der Waals surface area contributed by atoms with Crippen molar-refractivity contribution in [3.8, 4) is 11.5 Å². The molecule has 182 valence electrons. The van der Waals surface area contributed by atoms with Crippen molar-refractivity contribution in [1.82, 2.24) is 0 Å². The summed E-state index contributed by atoms with van der Waals surface area (Å²) in [4.78, 5) is 19.2. The number of benzene rings is 2. The van der Waals surface area contributed by atoms with Crippen LogP contribution in [0, 0.1) is 6.92 Å². The number of anilines is 1. The van der Waals surface area contributed by atoms with Crippen LogP contribution in [-0.4, -0.2) is 55.5 Å². The molecule has 2 aliphatic rings. The van der Waals surface area contributed by atoms with Gasteiger partial charge in [0.15, 0.2) is 26.5 Å². The number of sulfone groups is 1. The van der Waals surface area contributed by atoms with Crippen LogP contribution in [0.25, 0.3) is 0 Å². The number of halogens is 1. The minimum atomic E-state index is -3.17. The second-order valence-electron chi connectivity index (χ2n) is 8.24. The van der Waals surface area contributed by atoms with Gasteiger partial charge in [-0.15, -0.1) is 0 Å². The third-order valence-corrected chi connectivity index (χ3v) is 9.48. The van der Waals surface area contributed by atoms with E-state index < -0.39 is 9.84 Å². The highest BCUT2D eigenvalue weighted by Gasteiger charge is 2.50. The molecule has 2 fully saturated rings. The molecule has 7 nitrogen and oxygen atoms in total. The van der Waals surface area contributed by atoms with Gasteiger partial charge in [-0.1, -0.05) is 41.6 Å². The molecule has 0 radical (unpaired) electrons. The number of ether oxygens (including phenoxy) is 2. The highest BCUT2D eigenvalue weighted by atomic mass is 79.9. The minimum Gasteiger partial charge on any atom is -0.490 e. The largest absolute Gasteiger partial charge is 0.490 e. The smallest absolute Gasteiger partial charge is 0.252 e. The number of carbonyl (C=O) groups is 1. The Balaban J connectivity index is 1.71. The minimum absolute atomic E-state index is 0.0134. The summed E-state index contributed by atoms with van der Waals surface area (Å²) in [5.74, 6) is 0.959. The fourth-order valence-corrected chi connectivity index (χ4v) is 8.56. The zero-order valence-corrected chi connectivity index (χ0v) is 22.5. The van der Waals surface area contributed by atoms with E-state index in [4.69, 9.17) is 9.47 Å². The quantitative estimate of drug-likeness (QED) is 0.491. The van der Waals surface area contributed by atoms with Gasteiger partial charge in [0, 0.05) is 21.9 Å². The SMILES string of the molecule is CCOc1cc(Br)c(N2C(=NC(=O)Cc3ccc(C)cc3)SC3CS(=O)(=O)CC32)cc1OCC. The van der Waals surface area contributed by atoms with Crippen molar-refractivity contribution in [2.24, 2.45) is 4.99 Å². The van der Waals surface area contributed by atoms with Crippen molar-refractivity contribution < 1.29 is 22.7 Å². The summed E-state index contributed by atoms with van der Waals surface area (Å²) >= 11 is 4.97. The van der Waals surface area contributed by atoms with Crippen LogP contribution in [0.1, 0.15) is 25.0 Å². The third-order valence-electron chi connectivity index (χ3n) is 5.64. The summed E-state index contributed by atoms with van der Waals surface area (Å²) in [6, 6.07) is 11.1. The van der Waals surface area contributed by atoms with Gasteiger partial charge >= 0.3 is 0 Å². The van der Waals surface area contributed by atoms with E-state index in [-0.39, 0.29) is 35.1 Å². The van der Waals surface area contributed by atoms with E-state index in [9.17, 15) is 13.2 Å². The molecule has 0 saturated carbocycles. The van der Waals surface area contributed by atoms with Crippen LogP contribution in [-0.2, 0) is 21.1 Å². The molecule has 2 aromatic rings. The predicted octanol–water partition coefficient (Wildman–Crippen LogP) is 4.40. The van der Waals surface area contributed by atoms with E-state index in [0.717, 1.165) is 11.1 Å². The molecular formula is C24H27BrN2O5S2. The average molecular weight is 568 g/mol. The number of thioether (sulfide) groups is 1. The molecule has 2 atom stereocenters. The maximum absolute atomic E-state index is 12.9. The van der Waals surface area contributed by atoms with Crippen LogP contribution in [0.5, 0.6) is 11.5 Å². The summed E-state index contributed by atoms with van der Waals surface area (Å²) in [6.45, 7) is 6.71. The van der Waals surface area contributed by atoms with Crippen LogP contribution in [0.15, 0.2) is 45.9 Å². The van der Waals surface area contributed by atoms with Crippen molar-refractivity contribution in [1.29, 1.82) is 0 Å².